The van der Waals surface area contributed by atoms with Crippen LogP contribution in [0.1, 0.15) is 18.9 Å². The van der Waals surface area contributed by atoms with Gasteiger partial charge in [-0.15, -0.1) is 0 Å². The minimum absolute atomic E-state index is 0.0630. The van der Waals surface area contributed by atoms with Gasteiger partial charge in [-0.05, 0) is 13.0 Å². The highest BCUT2D eigenvalue weighted by Crippen LogP contribution is 2.37. The van der Waals surface area contributed by atoms with E-state index in [1.165, 1.54) is 22.4 Å². The molecule has 1 aliphatic heterocycles. The van der Waals surface area contributed by atoms with Crippen molar-refractivity contribution < 1.29 is 23.2 Å². The number of amides is 1. The minimum atomic E-state index is -4.25. The molecular weight excluding hydrogens is 423 g/mol. The van der Waals surface area contributed by atoms with Crippen LogP contribution >= 0.6 is 34.7 Å². The van der Waals surface area contributed by atoms with Gasteiger partial charge in [0.05, 0.1) is 12.3 Å². The summed E-state index contributed by atoms with van der Waals surface area (Å²) in [4.78, 5) is 18.4. The predicted octanol–water partition coefficient (Wildman–Crippen LogP) is 4.68. The second kappa shape index (κ2) is 9.31. The molecule has 1 aromatic rings. The zero-order valence-electron chi connectivity index (χ0n) is 14.7. The Morgan fingerprint density at radius 1 is 1.56 bits per heavy atom. The second-order valence-corrected chi connectivity index (χ2v) is 8.23. The molecule has 27 heavy (non-hydrogen) atoms. The van der Waals surface area contributed by atoms with Crippen LogP contribution in [0.3, 0.4) is 0 Å². The number of aromatic nitrogens is 1. The Morgan fingerprint density at radius 3 is 2.85 bits per heavy atom. The number of hydroxylamine groups is 2. The molecule has 1 N–H and O–H groups in total. The van der Waals surface area contributed by atoms with Crippen LogP contribution in [0.4, 0.5) is 18.2 Å². The molecule has 0 fully saturated rings. The van der Waals surface area contributed by atoms with Gasteiger partial charge in [0.2, 0.25) is 5.91 Å². The second-order valence-electron chi connectivity index (χ2n) is 5.86. The van der Waals surface area contributed by atoms with Crippen LogP contribution in [0.15, 0.2) is 18.4 Å². The van der Waals surface area contributed by atoms with Gasteiger partial charge in [0.1, 0.15) is 10.0 Å². The molecule has 0 aromatic carbocycles. The number of carbonyl (C=O) groups is 1. The number of carbonyl (C=O) groups excluding carboxylic acids is 1. The van der Waals surface area contributed by atoms with Crippen LogP contribution in [0.2, 0.25) is 5.15 Å². The minimum Gasteiger partial charge on any atom is -0.301 e. The molecule has 0 saturated heterocycles. The van der Waals surface area contributed by atoms with Crippen molar-refractivity contribution in [3.8, 4) is 0 Å². The Hall–Kier alpha value is -1.23. The summed E-state index contributed by atoms with van der Waals surface area (Å²) in [5.41, 5.74) is 0.746. The van der Waals surface area contributed by atoms with E-state index in [4.69, 9.17) is 11.6 Å². The number of rotatable bonds is 7. The van der Waals surface area contributed by atoms with Crippen LogP contribution in [0, 0.1) is 5.92 Å². The van der Waals surface area contributed by atoms with E-state index in [-0.39, 0.29) is 23.4 Å². The first kappa shape index (κ1) is 22.1. The topological polar surface area (TPSA) is 56.7 Å². The summed E-state index contributed by atoms with van der Waals surface area (Å²) in [6, 6.07) is 0. The molecule has 1 amide bonds. The van der Waals surface area contributed by atoms with Crippen molar-refractivity contribution in [3.63, 3.8) is 0 Å². The van der Waals surface area contributed by atoms with Gasteiger partial charge < -0.3 is 4.90 Å². The van der Waals surface area contributed by atoms with Crippen molar-refractivity contribution >= 4 is 51.2 Å². The van der Waals surface area contributed by atoms with Gasteiger partial charge in [-0.25, -0.2) is 4.98 Å². The molecule has 0 bridgehead atoms. The normalized spacial score (nSPS) is 15.7. The molecule has 0 spiro atoms. The van der Waals surface area contributed by atoms with Crippen molar-refractivity contribution in [2.24, 2.45) is 5.92 Å². The quantitative estimate of drug-likeness (QED) is 0.665. The molecule has 0 saturated carbocycles. The summed E-state index contributed by atoms with van der Waals surface area (Å²) < 4.78 is 36.9. The maximum atomic E-state index is 12.7. The van der Waals surface area contributed by atoms with Gasteiger partial charge >= 0.3 is 6.18 Å². The van der Waals surface area contributed by atoms with Gasteiger partial charge in [-0.3, -0.25) is 15.1 Å². The van der Waals surface area contributed by atoms with Gasteiger partial charge in [0, 0.05) is 30.0 Å². The zero-order valence-corrected chi connectivity index (χ0v) is 17.1. The van der Waals surface area contributed by atoms with Crippen molar-refractivity contribution in [3.05, 3.63) is 28.5 Å². The number of nitrogens with zero attached hydrogens (tertiary/aromatic N) is 3. The molecule has 2 heterocycles. The van der Waals surface area contributed by atoms with E-state index in [1.54, 1.807) is 26.0 Å². The zero-order chi connectivity index (χ0) is 20.2. The van der Waals surface area contributed by atoms with Gasteiger partial charge in [0.25, 0.3) is 0 Å². The first-order chi connectivity index (χ1) is 12.6. The van der Waals surface area contributed by atoms with E-state index < -0.39 is 17.8 Å². The van der Waals surface area contributed by atoms with E-state index >= 15 is 0 Å². The van der Waals surface area contributed by atoms with Crippen LogP contribution in [0.5, 0.6) is 0 Å². The SMILES string of the molecule is CCN(C(=O)C(C)CSCC(F)(F)F)c1sc(C2=CC=CN(O)C2)nc1Cl. The molecule has 2 rings (SSSR count). The lowest BCUT2D eigenvalue weighted by Gasteiger charge is -2.23. The van der Waals surface area contributed by atoms with E-state index in [1.807, 2.05) is 0 Å². The number of hydrogen-bond acceptors (Lipinski definition) is 6. The highest BCUT2D eigenvalue weighted by Gasteiger charge is 2.30. The Kier molecular flexibility index (Phi) is 7.61. The van der Waals surface area contributed by atoms with Crippen molar-refractivity contribution in [2.45, 2.75) is 20.0 Å². The van der Waals surface area contributed by atoms with E-state index in [2.05, 4.69) is 4.98 Å². The molecule has 0 radical (unpaired) electrons. The summed E-state index contributed by atoms with van der Waals surface area (Å²) in [6.45, 7) is 3.92. The number of anilines is 1. The Labute approximate surface area is 168 Å². The number of hydrogen-bond donors (Lipinski definition) is 1. The third kappa shape index (κ3) is 6.13. The fraction of sp³-hybridized carbons (Fsp3) is 0.500. The Balaban J connectivity index is 2.11. The largest absolute Gasteiger partial charge is 0.397 e. The molecular formula is C16H19ClF3N3O2S2. The monoisotopic (exact) mass is 441 g/mol. The van der Waals surface area contributed by atoms with Crippen molar-refractivity contribution in [1.82, 2.24) is 10.0 Å². The summed E-state index contributed by atoms with van der Waals surface area (Å²) in [5.74, 6) is -1.82. The summed E-state index contributed by atoms with van der Waals surface area (Å²) in [5, 5.41) is 11.8. The molecule has 1 aromatic heterocycles. The molecule has 1 unspecified atom stereocenters. The van der Waals surface area contributed by atoms with Crippen molar-refractivity contribution in [1.29, 1.82) is 0 Å². The Bertz CT molecular complexity index is 737. The number of halogens is 4. The third-order valence-corrected chi connectivity index (χ3v) is 6.41. The summed E-state index contributed by atoms with van der Waals surface area (Å²) in [6.07, 6.45) is 0.703. The predicted molar refractivity (Wildman–Crippen MR) is 103 cm³/mol. The lowest BCUT2D eigenvalue weighted by Crippen LogP contribution is -2.35. The van der Waals surface area contributed by atoms with Crippen LogP contribution < -0.4 is 4.90 Å². The molecule has 0 aliphatic carbocycles. The van der Waals surface area contributed by atoms with E-state index in [0.29, 0.717) is 28.3 Å². The fourth-order valence-corrected chi connectivity index (χ4v) is 4.60. The number of thioether (sulfide) groups is 1. The highest BCUT2D eigenvalue weighted by atomic mass is 35.5. The molecule has 5 nitrogen and oxygen atoms in total. The number of thiazole rings is 1. The van der Waals surface area contributed by atoms with Crippen molar-refractivity contribution in [2.75, 3.05) is 29.5 Å². The highest BCUT2D eigenvalue weighted by molar-refractivity contribution is 7.99. The average Bonchev–Trinajstić information content (AvgIpc) is 2.96. The van der Waals surface area contributed by atoms with E-state index in [9.17, 15) is 23.2 Å². The van der Waals surface area contributed by atoms with Crippen LogP contribution in [-0.4, -0.2) is 51.9 Å². The fourth-order valence-electron chi connectivity index (χ4n) is 2.36. The number of allylic oxidation sites excluding steroid dienone is 2. The van der Waals surface area contributed by atoms with Crippen LogP contribution in [0.25, 0.3) is 5.57 Å². The van der Waals surface area contributed by atoms with Gasteiger partial charge in [-0.1, -0.05) is 35.9 Å². The Morgan fingerprint density at radius 2 is 2.26 bits per heavy atom. The third-order valence-electron chi connectivity index (χ3n) is 3.61. The van der Waals surface area contributed by atoms with Crippen LogP contribution in [-0.2, 0) is 4.79 Å². The summed E-state index contributed by atoms with van der Waals surface area (Å²) in [7, 11) is 0. The lowest BCUT2D eigenvalue weighted by atomic mass is 10.2. The lowest BCUT2D eigenvalue weighted by molar-refractivity contribution is -0.121. The maximum Gasteiger partial charge on any atom is 0.397 e. The summed E-state index contributed by atoms with van der Waals surface area (Å²) >= 11 is 8.11. The molecule has 150 valence electrons. The van der Waals surface area contributed by atoms with Gasteiger partial charge in [-0.2, -0.15) is 24.9 Å². The maximum absolute atomic E-state index is 12.7. The first-order valence-electron chi connectivity index (χ1n) is 8.07. The molecule has 1 aliphatic rings. The smallest absolute Gasteiger partial charge is 0.301 e. The molecule has 11 heteroatoms. The van der Waals surface area contributed by atoms with E-state index in [0.717, 1.165) is 10.6 Å². The number of alkyl halides is 3. The standard InChI is InChI=1S/C16H19ClF3N3O2S2/c1-3-23(14(24)10(2)8-26-9-16(18,19)20)15-12(17)21-13(27-15)11-5-4-6-22(25)7-11/h4-6,10,25H,3,7-9H2,1-2H3. The average molecular weight is 442 g/mol. The first-order valence-corrected chi connectivity index (χ1v) is 10.4. The molecule has 1 atom stereocenters. The van der Waals surface area contributed by atoms with Gasteiger partial charge in [0.15, 0.2) is 5.15 Å².